The maximum atomic E-state index is 13.8. The predicted octanol–water partition coefficient (Wildman–Crippen LogP) is 2.19. The topological polar surface area (TPSA) is 42.1 Å². The number of aromatic amines is 1. The molecule has 0 radical (unpaired) electrons. The smallest absolute Gasteiger partial charge is 0.248 e. The van der Waals surface area contributed by atoms with Crippen LogP contribution in [0.5, 0.6) is 5.75 Å². The van der Waals surface area contributed by atoms with Crippen LogP contribution >= 0.6 is 0 Å². The highest BCUT2D eigenvalue weighted by Gasteiger charge is 2.10. The van der Waals surface area contributed by atoms with E-state index in [1.54, 1.807) is 24.3 Å². The molecule has 0 amide bonds. The van der Waals surface area contributed by atoms with Crippen LogP contribution in [0.3, 0.4) is 0 Å². The Morgan fingerprint density at radius 1 is 1.19 bits per heavy atom. The number of hydrogen-bond donors (Lipinski definition) is 1. The fraction of sp³-hybridized carbons (Fsp3) is 0.0833. The third kappa shape index (κ3) is 1.82. The zero-order valence-electron chi connectivity index (χ0n) is 8.66. The number of benzene rings is 1. The molecule has 0 aliphatic rings. The van der Waals surface area contributed by atoms with Crippen molar-refractivity contribution in [1.29, 1.82) is 0 Å². The molecule has 0 aliphatic heterocycles. The first-order valence-corrected chi connectivity index (χ1v) is 4.74. The first-order chi connectivity index (χ1) is 7.72. The normalized spacial score (nSPS) is 10.1. The summed E-state index contributed by atoms with van der Waals surface area (Å²) in [7, 11) is 1.40. The van der Waals surface area contributed by atoms with Gasteiger partial charge in [-0.05, 0) is 18.2 Å². The summed E-state index contributed by atoms with van der Waals surface area (Å²) in [5, 5.41) is 0. The van der Waals surface area contributed by atoms with Gasteiger partial charge in [0.1, 0.15) is 0 Å². The average Bonchev–Trinajstić information content (AvgIpc) is 2.29. The van der Waals surface area contributed by atoms with E-state index >= 15 is 0 Å². The van der Waals surface area contributed by atoms with Crippen molar-refractivity contribution in [2.75, 3.05) is 7.11 Å². The van der Waals surface area contributed by atoms with Gasteiger partial charge in [-0.15, -0.1) is 0 Å². The summed E-state index contributed by atoms with van der Waals surface area (Å²) < 4.78 is 18.7. The Hall–Kier alpha value is -2.10. The Morgan fingerprint density at radius 3 is 2.62 bits per heavy atom. The lowest BCUT2D eigenvalue weighted by Gasteiger charge is -2.06. The number of ether oxygens (including phenoxy) is 1. The molecular weight excluding hydrogens is 209 g/mol. The SMILES string of the molecule is COc1cccc(-c2cccc(=O)[nH]2)c1F. The van der Waals surface area contributed by atoms with Crippen molar-refractivity contribution in [2.45, 2.75) is 0 Å². The molecule has 0 unspecified atom stereocenters. The van der Waals surface area contributed by atoms with E-state index in [-0.39, 0.29) is 11.3 Å². The second-order valence-electron chi connectivity index (χ2n) is 3.25. The Kier molecular flexibility index (Phi) is 2.72. The summed E-state index contributed by atoms with van der Waals surface area (Å²) in [6.45, 7) is 0. The molecule has 0 saturated carbocycles. The molecule has 0 fully saturated rings. The molecule has 0 saturated heterocycles. The lowest BCUT2D eigenvalue weighted by molar-refractivity contribution is 0.387. The zero-order valence-corrected chi connectivity index (χ0v) is 8.66. The number of H-pyrrole nitrogens is 1. The lowest BCUT2D eigenvalue weighted by atomic mass is 10.1. The van der Waals surface area contributed by atoms with Crippen LogP contribution in [-0.2, 0) is 0 Å². The van der Waals surface area contributed by atoms with Crippen molar-refractivity contribution in [1.82, 2.24) is 4.98 Å². The molecule has 1 aromatic carbocycles. The van der Waals surface area contributed by atoms with E-state index in [1.807, 2.05) is 0 Å². The van der Waals surface area contributed by atoms with Gasteiger partial charge in [-0.3, -0.25) is 4.79 Å². The number of halogens is 1. The lowest BCUT2D eigenvalue weighted by Crippen LogP contribution is -2.04. The number of pyridine rings is 1. The molecule has 82 valence electrons. The highest BCUT2D eigenvalue weighted by molar-refractivity contribution is 5.61. The fourth-order valence-electron chi connectivity index (χ4n) is 1.48. The summed E-state index contributed by atoms with van der Waals surface area (Å²) >= 11 is 0. The standard InChI is InChI=1S/C12H10FNO2/c1-16-10-6-2-4-8(12(10)13)9-5-3-7-11(15)14-9/h2-7H,1H3,(H,14,15). The van der Waals surface area contributed by atoms with Gasteiger partial charge in [0, 0.05) is 11.6 Å². The average molecular weight is 219 g/mol. The maximum absolute atomic E-state index is 13.8. The minimum atomic E-state index is -0.480. The Balaban J connectivity index is 2.60. The fourth-order valence-corrected chi connectivity index (χ4v) is 1.48. The van der Waals surface area contributed by atoms with Crippen LogP contribution in [0.2, 0.25) is 0 Å². The van der Waals surface area contributed by atoms with Crippen LogP contribution in [0.15, 0.2) is 41.2 Å². The van der Waals surface area contributed by atoms with Crippen LogP contribution in [0, 0.1) is 5.82 Å². The van der Waals surface area contributed by atoms with Gasteiger partial charge in [-0.1, -0.05) is 12.1 Å². The highest BCUT2D eigenvalue weighted by Crippen LogP contribution is 2.26. The van der Waals surface area contributed by atoms with Gasteiger partial charge in [0.25, 0.3) is 0 Å². The number of rotatable bonds is 2. The van der Waals surface area contributed by atoms with Gasteiger partial charge in [0.15, 0.2) is 11.6 Å². The van der Waals surface area contributed by atoms with Gasteiger partial charge >= 0.3 is 0 Å². The third-order valence-corrected chi connectivity index (χ3v) is 2.24. The molecule has 2 aromatic rings. The molecular formula is C12H10FNO2. The monoisotopic (exact) mass is 219 g/mol. The van der Waals surface area contributed by atoms with Gasteiger partial charge in [-0.2, -0.15) is 0 Å². The van der Waals surface area contributed by atoms with Crippen molar-refractivity contribution in [2.24, 2.45) is 0 Å². The van der Waals surface area contributed by atoms with Crippen LogP contribution in [-0.4, -0.2) is 12.1 Å². The number of methoxy groups -OCH3 is 1. The molecule has 1 N–H and O–H groups in total. The summed E-state index contributed by atoms with van der Waals surface area (Å²) in [4.78, 5) is 13.7. The van der Waals surface area contributed by atoms with Crippen LogP contribution in [0.1, 0.15) is 0 Å². The van der Waals surface area contributed by atoms with Crippen molar-refractivity contribution >= 4 is 0 Å². The predicted molar refractivity (Wildman–Crippen MR) is 59.0 cm³/mol. The van der Waals surface area contributed by atoms with E-state index in [9.17, 15) is 9.18 Å². The van der Waals surface area contributed by atoms with E-state index < -0.39 is 5.82 Å². The highest BCUT2D eigenvalue weighted by atomic mass is 19.1. The molecule has 16 heavy (non-hydrogen) atoms. The second kappa shape index (κ2) is 4.18. The molecule has 1 heterocycles. The van der Waals surface area contributed by atoms with E-state index in [0.29, 0.717) is 11.3 Å². The number of nitrogens with one attached hydrogen (secondary N) is 1. The Labute approximate surface area is 91.5 Å². The van der Waals surface area contributed by atoms with Crippen molar-refractivity contribution in [3.05, 3.63) is 52.6 Å². The van der Waals surface area contributed by atoms with E-state index in [4.69, 9.17) is 4.74 Å². The minimum Gasteiger partial charge on any atom is -0.494 e. The van der Waals surface area contributed by atoms with Gasteiger partial charge in [0.05, 0.1) is 12.8 Å². The molecule has 0 spiro atoms. The molecule has 0 aliphatic carbocycles. The van der Waals surface area contributed by atoms with Gasteiger partial charge in [-0.25, -0.2) is 4.39 Å². The summed E-state index contributed by atoms with van der Waals surface area (Å²) in [5.41, 5.74) is 0.487. The first-order valence-electron chi connectivity index (χ1n) is 4.74. The third-order valence-electron chi connectivity index (χ3n) is 2.24. The quantitative estimate of drug-likeness (QED) is 0.841. The first kappa shape index (κ1) is 10.4. The molecule has 3 nitrogen and oxygen atoms in total. The van der Waals surface area contributed by atoms with E-state index in [0.717, 1.165) is 0 Å². The number of aromatic nitrogens is 1. The van der Waals surface area contributed by atoms with E-state index in [2.05, 4.69) is 4.98 Å². The Bertz CT molecular complexity index is 563. The summed E-state index contributed by atoms with van der Waals surface area (Å²) in [5.74, 6) is -0.325. The van der Waals surface area contributed by atoms with E-state index in [1.165, 1.54) is 19.2 Å². The van der Waals surface area contributed by atoms with Crippen LogP contribution < -0.4 is 10.3 Å². The molecule has 4 heteroatoms. The van der Waals surface area contributed by atoms with Crippen LogP contribution in [0.25, 0.3) is 11.3 Å². The minimum absolute atomic E-state index is 0.155. The molecule has 0 bridgehead atoms. The van der Waals surface area contributed by atoms with Gasteiger partial charge in [0.2, 0.25) is 5.56 Å². The van der Waals surface area contributed by atoms with Crippen molar-refractivity contribution in [3.63, 3.8) is 0 Å². The Morgan fingerprint density at radius 2 is 1.94 bits per heavy atom. The second-order valence-corrected chi connectivity index (χ2v) is 3.25. The molecule has 0 atom stereocenters. The van der Waals surface area contributed by atoms with Gasteiger partial charge < -0.3 is 9.72 Å². The molecule has 2 rings (SSSR count). The summed E-state index contributed by atoms with van der Waals surface area (Å²) in [6, 6.07) is 9.37. The maximum Gasteiger partial charge on any atom is 0.248 e. The zero-order chi connectivity index (χ0) is 11.5. The van der Waals surface area contributed by atoms with Crippen LogP contribution in [0.4, 0.5) is 4.39 Å². The van der Waals surface area contributed by atoms with Crippen molar-refractivity contribution in [3.8, 4) is 17.0 Å². The molecule has 1 aromatic heterocycles. The van der Waals surface area contributed by atoms with Crippen molar-refractivity contribution < 1.29 is 9.13 Å². The largest absolute Gasteiger partial charge is 0.494 e. The number of hydrogen-bond acceptors (Lipinski definition) is 2. The summed E-state index contributed by atoms with van der Waals surface area (Å²) in [6.07, 6.45) is 0.